The minimum Gasteiger partial charge on any atom is -0.308 e. The molecule has 0 bridgehead atoms. The van der Waals surface area contributed by atoms with Gasteiger partial charge < -0.3 is 4.57 Å². The molecule has 5 heteroatoms. The van der Waals surface area contributed by atoms with Crippen LogP contribution in [-0.4, -0.2) is 14.5 Å². The Balaban J connectivity index is 1.62. The molecule has 0 unspecified atom stereocenters. The van der Waals surface area contributed by atoms with Gasteiger partial charge in [-0.1, -0.05) is 61.0 Å². The standard InChI is InChI=1S/C28H25ClN4/c1-4-25-32-27-24(29)13-18(3)31-28(27)33(25)16-19-9-12-23-21(14-19)11-10-20-7-5-6-8-22(20)26(23)17(2)15-30/h5-9,12-14H,4,10-11,16H2,1-3H3/b26-17+. The summed E-state index contributed by atoms with van der Waals surface area (Å²) in [6.07, 6.45) is 2.70. The van der Waals surface area contributed by atoms with Crippen molar-refractivity contribution in [3.8, 4) is 6.07 Å². The van der Waals surface area contributed by atoms with Crippen molar-refractivity contribution in [2.75, 3.05) is 0 Å². The van der Waals surface area contributed by atoms with Gasteiger partial charge in [-0.05, 0) is 60.6 Å². The molecular formula is C28H25ClN4. The van der Waals surface area contributed by atoms with Crippen LogP contribution in [0.5, 0.6) is 0 Å². The summed E-state index contributed by atoms with van der Waals surface area (Å²) in [6, 6.07) is 19.3. The number of aromatic nitrogens is 3. The zero-order valence-electron chi connectivity index (χ0n) is 19.1. The fourth-order valence-corrected chi connectivity index (χ4v) is 5.17. The molecule has 4 aromatic rings. The van der Waals surface area contributed by atoms with E-state index in [4.69, 9.17) is 21.6 Å². The average molecular weight is 453 g/mol. The van der Waals surface area contributed by atoms with Gasteiger partial charge in [0.05, 0.1) is 17.6 Å². The van der Waals surface area contributed by atoms with Crippen molar-refractivity contribution >= 4 is 28.3 Å². The Morgan fingerprint density at radius 3 is 2.61 bits per heavy atom. The highest BCUT2D eigenvalue weighted by molar-refractivity contribution is 6.34. The second-order valence-corrected chi connectivity index (χ2v) is 9.05. The summed E-state index contributed by atoms with van der Waals surface area (Å²) in [5, 5.41) is 10.4. The van der Waals surface area contributed by atoms with Crippen molar-refractivity contribution in [2.45, 2.75) is 46.6 Å². The van der Waals surface area contributed by atoms with Gasteiger partial charge in [0.25, 0.3) is 0 Å². The van der Waals surface area contributed by atoms with Crippen LogP contribution in [0.1, 0.15) is 53.2 Å². The van der Waals surface area contributed by atoms with E-state index >= 15 is 0 Å². The summed E-state index contributed by atoms with van der Waals surface area (Å²) in [5.74, 6) is 0.980. The number of rotatable bonds is 3. The summed E-state index contributed by atoms with van der Waals surface area (Å²) in [5.41, 5.74) is 10.4. The number of pyridine rings is 1. The molecule has 1 aliphatic carbocycles. The molecule has 0 atom stereocenters. The van der Waals surface area contributed by atoms with Gasteiger partial charge in [0.15, 0.2) is 5.65 Å². The maximum atomic E-state index is 9.72. The summed E-state index contributed by atoms with van der Waals surface area (Å²) >= 11 is 6.48. The smallest absolute Gasteiger partial charge is 0.162 e. The minimum atomic E-state index is 0.646. The predicted molar refractivity (Wildman–Crippen MR) is 133 cm³/mol. The summed E-state index contributed by atoms with van der Waals surface area (Å²) < 4.78 is 2.18. The molecule has 33 heavy (non-hydrogen) atoms. The number of nitrogens with zero attached hydrogens (tertiary/aromatic N) is 4. The van der Waals surface area contributed by atoms with E-state index in [2.05, 4.69) is 60.0 Å². The molecule has 0 saturated carbocycles. The molecule has 2 aromatic heterocycles. The maximum Gasteiger partial charge on any atom is 0.162 e. The molecule has 164 valence electrons. The first-order valence-corrected chi connectivity index (χ1v) is 11.7. The third kappa shape index (κ3) is 3.73. The molecule has 4 nitrogen and oxygen atoms in total. The highest BCUT2D eigenvalue weighted by Gasteiger charge is 2.21. The Morgan fingerprint density at radius 1 is 1.06 bits per heavy atom. The van der Waals surface area contributed by atoms with Crippen LogP contribution >= 0.6 is 11.6 Å². The Hall–Kier alpha value is -3.42. The molecule has 0 aliphatic heterocycles. The van der Waals surface area contributed by atoms with E-state index in [1.54, 1.807) is 0 Å². The first-order valence-electron chi connectivity index (χ1n) is 11.3. The molecule has 0 fully saturated rings. The van der Waals surface area contributed by atoms with Crippen LogP contribution in [0.4, 0.5) is 0 Å². The van der Waals surface area contributed by atoms with E-state index in [9.17, 15) is 5.26 Å². The lowest BCUT2D eigenvalue weighted by Crippen LogP contribution is -2.07. The third-order valence-corrected chi connectivity index (χ3v) is 6.74. The molecule has 2 heterocycles. The van der Waals surface area contributed by atoms with Gasteiger partial charge in [-0.3, -0.25) is 0 Å². The number of allylic oxidation sites excluding steroid dienone is 1. The fraction of sp³-hybridized carbons (Fsp3) is 0.250. The second kappa shape index (κ2) is 8.50. The van der Waals surface area contributed by atoms with Crippen LogP contribution in [0.25, 0.3) is 16.7 Å². The zero-order chi connectivity index (χ0) is 23.1. The Kier molecular flexibility index (Phi) is 5.52. The SMILES string of the molecule is CCc1nc2c(Cl)cc(C)nc2n1Cc1ccc2c(c1)CCc1ccccc1/C2=C(/C)C#N. The average Bonchev–Trinajstić information content (AvgIpc) is 3.07. The normalized spacial score (nSPS) is 14.4. The van der Waals surface area contributed by atoms with Gasteiger partial charge >= 0.3 is 0 Å². The molecule has 2 aromatic carbocycles. The molecule has 0 radical (unpaired) electrons. The summed E-state index contributed by atoms with van der Waals surface area (Å²) in [7, 11) is 0. The largest absolute Gasteiger partial charge is 0.308 e. The minimum absolute atomic E-state index is 0.646. The van der Waals surface area contributed by atoms with E-state index in [0.29, 0.717) is 11.6 Å². The van der Waals surface area contributed by atoms with Crippen LogP contribution in [0, 0.1) is 18.3 Å². The summed E-state index contributed by atoms with van der Waals surface area (Å²) in [4.78, 5) is 9.52. The lowest BCUT2D eigenvalue weighted by Gasteiger charge is -2.15. The number of halogens is 1. The van der Waals surface area contributed by atoms with E-state index in [1.165, 1.54) is 22.3 Å². The highest BCUT2D eigenvalue weighted by Crippen LogP contribution is 2.36. The van der Waals surface area contributed by atoms with Crippen LogP contribution in [-0.2, 0) is 25.8 Å². The van der Waals surface area contributed by atoms with E-state index in [0.717, 1.165) is 58.7 Å². The molecular weight excluding hydrogens is 428 g/mol. The molecule has 0 amide bonds. The van der Waals surface area contributed by atoms with Crippen LogP contribution in [0.3, 0.4) is 0 Å². The monoisotopic (exact) mass is 452 g/mol. The van der Waals surface area contributed by atoms with Crippen molar-refractivity contribution in [3.05, 3.63) is 98.5 Å². The Bertz CT molecular complexity index is 1470. The first-order chi connectivity index (χ1) is 16.0. The third-order valence-electron chi connectivity index (χ3n) is 6.45. The second-order valence-electron chi connectivity index (χ2n) is 8.65. The fourth-order valence-electron chi connectivity index (χ4n) is 4.89. The van der Waals surface area contributed by atoms with Gasteiger partial charge in [0, 0.05) is 23.3 Å². The van der Waals surface area contributed by atoms with Crippen LogP contribution in [0.15, 0.2) is 54.1 Å². The topological polar surface area (TPSA) is 54.5 Å². The van der Waals surface area contributed by atoms with E-state index in [1.807, 2.05) is 19.9 Å². The lowest BCUT2D eigenvalue weighted by molar-refractivity contribution is 0.744. The quantitative estimate of drug-likeness (QED) is 0.336. The molecule has 5 rings (SSSR count). The number of hydrogen-bond acceptors (Lipinski definition) is 3. The van der Waals surface area contributed by atoms with Crippen molar-refractivity contribution in [1.29, 1.82) is 5.26 Å². The van der Waals surface area contributed by atoms with Crippen molar-refractivity contribution in [1.82, 2.24) is 14.5 Å². The molecule has 0 N–H and O–H groups in total. The van der Waals surface area contributed by atoms with Crippen LogP contribution in [0.2, 0.25) is 5.02 Å². The Labute approximate surface area is 199 Å². The maximum absolute atomic E-state index is 9.72. The number of hydrogen-bond donors (Lipinski definition) is 0. The van der Waals surface area contributed by atoms with Crippen molar-refractivity contribution < 1.29 is 0 Å². The number of nitriles is 1. The van der Waals surface area contributed by atoms with Crippen molar-refractivity contribution in [3.63, 3.8) is 0 Å². The van der Waals surface area contributed by atoms with Gasteiger partial charge in [0.1, 0.15) is 11.3 Å². The first kappa shape index (κ1) is 21.4. The predicted octanol–water partition coefficient (Wildman–Crippen LogP) is 6.45. The highest BCUT2D eigenvalue weighted by atomic mass is 35.5. The van der Waals surface area contributed by atoms with E-state index < -0.39 is 0 Å². The Morgan fingerprint density at radius 2 is 1.82 bits per heavy atom. The number of benzene rings is 2. The number of imidazole rings is 1. The number of fused-ring (bicyclic) bond motifs is 3. The lowest BCUT2D eigenvalue weighted by atomic mass is 9.90. The van der Waals surface area contributed by atoms with Crippen LogP contribution < -0.4 is 0 Å². The van der Waals surface area contributed by atoms with Crippen molar-refractivity contribution in [2.24, 2.45) is 0 Å². The van der Waals surface area contributed by atoms with Gasteiger partial charge in [-0.25, -0.2) is 9.97 Å². The van der Waals surface area contributed by atoms with Gasteiger partial charge in [0.2, 0.25) is 0 Å². The van der Waals surface area contributed by atoms with Gasteiger partial charge in [-0.2, -0.15) is 5.26 Å². The number of aryl methyl sites for hydroxylation is 4. The molecule has 1 aliphatic rings. The zero-order valence-corrected chi connectivity index (χ0v) is 19.9. The summed E-state index contributed by atoms with van der Waals surface area (Å²) in [6.45, 7) is 6.66. The molecule has 0 spiro atoms. The molecule has 0 saturated heterocycles. The van der Waals surface area contributed by atoms with Gasteiger partial charge in [-0.15, -0.1) is 0 Å². The van der Waals surface area contributed by atoms with E-state index in [-0.39, 0.29) is 0 Å².